The van der Waals surface area contributed by atoms with Crippen LogP contribution in [-0.2, 0) is 6.54 Å². The van der Waals surface area contributed by atoms with Crippen LogP contribution in [0.2, 0.25) is 0 Å². The van der Waals surface area contributed by atoms with Gasteiger partial charge in [0.2, 0.25) is 5.95 Å². The van der Waals surface area contributed by atoms with Crippen LogP contribution in [0.1, 0.15) is 45.6 Å². The quantitative estimate of drug-likeness (QED) is 0.411. The zero-order chi connectivity index (χ0) is 23.6. The molecule has 3 aromatic rings. The van der Waals surface area contributed by atoms with Gasteiger partial charge in [0.25, 0.3) is 0 Å². The lowest BCUT2D eigenvalue weighted by Gasteiger charge is -2.26. The third-order valence-electron chi connectivity index (χ3n) is 6.54. The van der Waals surface area contributed by atoms with E-state index in [2.05, 4.69) is 94.7 Å². The Morgan fingerprint density at radius 3 is 2.67 bits per heavy atom. The molecule has 0 radical (unpaired) electrons. The van der Waals surface area contributed by atoms with Crippen molar-refractivity contribution in [1.82, 2.24) is 19.3 Å². The van der Waals surface area contributed by atoms with Crippen molar-refractivity contribution in [2.24, 2.45) is 0 Å². The lowest BCUT2D eigenvalue weighted by Crippen LogP contribution is -2.23. The van der Waals surface area contributed by atoms with Crippen molar-refractivity contribution in [3.8, 4) is 0 Å². The molecule has 2 aromatic heterocycles. The molecule has 1 unspecified atom stereocenters. The summed E-state index contributed by atoms with van der Waals surface area (Å²) < 4.78 is 5.48. The normalized spacial score (nSPS) is 16.8. The maximum Gasteiger partial charge on any atom is 0.225 e. The molecule has 2 N–H and O–H groups in total. The largest absolute Gasteiger partial charge is 0.348 e. The summed E-state index contributed by atoms with van der Waals surface area (Å²) in [6, 6.07) is 10.7. The molecule has 1 aromatic carbocycles. The van der Waals surface area contributed by atoms with E-state index < -0.39 is 9.39 Å². The predicted molar refractivity (Wildman–Crippen MR) is 146 cm³/mol. The van der Waals surface area contributed by atoms with Crippen LogP contribution in [-0.4, -0.2) is 39.4 Å². The third-order valence-corrected chi connectivity index (χ3v) is 8.56. The molecule has 33 heavy (non-hydrogen) atoms. The highest BCUT2D eigenvalue weighted by Crippen LogP contribution is 2.32. The fourth-order valence-corrected chi connectivity index (χ4v) is 5.94. The summed E-state index contributed by atoms with van der Waals surface area (Å²) in [7, 11) is 0.371. The van der Waals surface area contributed by atoms with E-state index in [9.17, 15) is 0 Å². The van der Waals surface area contributed by atoms with Gasteiger partial charge in [-0.3, -0.25) is 4.72 Å². The van der Waals surface area contributed by atoms with Gasteiger partial charge in [0, 0.05) is 22.7 Å². The topological polar surface area (TPSA) is 54.8 Å². The van der Waals surface area contributed by atoms with E-state index in [0.717, 1.165) is 35.2 Å². The molecule has 5 nitrogen and oxygen atoms in total. The molecule has 174 valence electrons. The second-order valence-corrected chi connectivity index (χ2v) is 11.3. The molecule has 0 saturated heterocycles. The first-order chi connectivity index (χ1) is 15.9. The maximum absolute atomic E-state index is 4.91. The van der Waals surface area contributed by atoms with E-state index in [0.29, 0.717) is 12.5 Å². The fraction of sp³-hybridized carbons (Fsp3) is 0.333. The molecule has 1 aliphatic carbocycles. The van der Waals surface area contributed by atoms with E-state index in [1.165, 1.54) is 22.3 Å². The van der Waals surface area contributed by atoms with Gasteiger partial charge in [0.15, 0.2) is 0 Å². The van der Waals surface area contributed by atoms with Crippen LogP contribution in [0.15, 0.2) is 70.4 Å². The van der Waals surface area contributed by atoms with Crippen LogP contribution in [0, 0.1) is 0 Å². The summed E-state index contributed by atoms with van der Waals surface area (Å²) in [5.41, 5.74) is 6.55. The van der Waals surface area contributed by atoms with Crippen molar-refractivity contribution in [2.45, 2.75) is 57.5 Å². The van der Waals surface area contributed by atoms with E-state index in [1.54, 1.807) is 0 Å². The Hall–Kier alpha value is -2.83. The third kappa shape index (κ3) is 4.77. The summed E-state index contributed by atoms with van der Waals surface area (Å²) >= 11 is 0. The minimum Gasteiger partial charge on any atom is -0.348 e. The van der Waals surface area contributed by atoms with E-state index in [-0.39, 0.29) is 6.04 Å². The van der Waals surface area contributed by atoms with Crippen LogP contribution >= 0.6 is 9.39 Å². The number of fused-ring (bicyclic) bond motifs is 1. The van der Waals surface area contributed by atoms with Crippen LogP contribution < -0.4 is 10.0 Å². The van der Waals surface area contributed by atoms with Gasteiger partial charge in [-0.1, -0.05) is 55.4 Å². The number of rotatable bonds is 8. The number of nitrogens with one attached hydrogen (secondary N) is 2. The number of aromatic nitrogens is 3. The summed E-state index contributed by atoms with van der Waals surface area (Å²) in [6.07, 6.45) is 9.50. The average molecular weight is 462 g/mol. The Labute approximate surface area is 198 Å². The first-order valence-corrected chi connectivity index (χ1v) is 13.6. The highest BCUT2D eigenvalue weighted by molar-refractivity contribution is 8.26. The molecule has 2 heterocycles. The summed E-state index contributed by atoms with van der Waals surface area (Å²) in [5.74, 6) is 9.33. The van der Waals surface area contributed by atoms with Gasteiger partial charge in [-0.2, -0.15) is 4.98 Å². The molecule has 0 fully saturated rings. The molecule has 0 bridgehead atoms. The Balaban J connectivity index is 1.62. The summed E-state index contributed by atoms with van der Waals surface area (Å²) in [4.78, 5) is 10.7. The summed E-state index contributed by atoms with van der Waals surface area (Å²) in [5, 5.41) is 4.60. The monoisotopic (exact) mass is 461 g/mol. The van der Waals surface area contributed by atoms with Crippen molar-refractivity contribution in [2.75, 3.05) is 12.4 Å². The Kier molecular flexibility index (Phi) is 6.77. The highest BCUT2D eigenvalue weighted by Gasteiger charge is 2.19. The second kappa shape index (κ2) is 9.57. The zero-order valence-corrected chi connectivity index (χ0v) is 21.0. The fourth-order valence-electron chi connectivity index (χ4n) is 4.75. The van der Waals surface area contributed by atoms with Crippen LogP contribution in [0.25, 0.3) is 11.0 Å². The maximum atomic E-state index is 4.91. The number of benzene rings is 1. The van der Waals surface area contributed by atoms with Gasteiger partial charge in [0.05, 0.1) is 12.6 Å². The minimum atomic E-state index is -1.55. The standard InChI is InChI=1S/C27H35N5S/c1-7-20-16-23(15-19(3)24(20)8-2)30-27-29-17-21-13-14-32(26(21)31-27)18-22-11-9-10-12-25(22)33(5,6)28-4/h9-15,17,23,28H,5-8,16,18H2,1-4H3,(H,29,30,31). The molecule has 6 heteroatoms. The number of hydrogen-bond acceptors (Lipinski definition) is 4. The SMILES string of the molecule is C=S(=C)(NC)c1ccccc1Cn1ccc2cnc(NC3C=C(C)C(CC)=C(CC)C3)nc21. The highest BCUT2D eigenvalue weighted by atomic mass is 32.2. The van der Waals surface area contributed by atoms with Gasteiger partial charge in [0.1, 0.15) is 5.65 Å². The molecule has 0 aliphatic heterocycles. The Bertz CT molecular complexity index is 1330. The average Bonchev–Trinajstić information content (AvgIpc) is 3.21. The molecular formula is C27H35N5S. The lowest BCUT2D eigenvalue weighted by molar-refractivity contribution is 0.760. The van der Waals surface area contributed by atoms with Gasteiger partial charge in [-0.05, 0) is 62.1 Å². The van der Waals surface area contributed by atoms with Crippen molar-refractivity contribution in [3.63, 3.8) is 0 Å². The van der Waals surface area contributed by atoms with E-state index >= 15 is 0 Å². The second-order valence-electron chi connectivity index (χ2n) is 8.71. The van der Waals surface area contributed by atoms with Crippen LogP contribution in [0.5, 0.6) is 0 Å². The van der Waals surface area contributed by atoms with E-state index in [4.69, 9.17) is 4.98 Å². The number of anilines is 1. The molecule has 1 atom stereocenters. The smallest absolute Gasteiger partial charge is 0.225 e. The number of nitrogens with zero attached hydrogens (tertiary/aromatic N) is 3. The first-order valence-electron chi connectivity index (χ1n) is 11.6. The van der Waals surface area contributed by atoms with Gasteiger partial charge >= 0.3 is 0 Å². The number of allylic oxidation sites excluding steroid dienone is 2. The van der Waals surface area contributed by atoms with E-state index in [1.807, 2.05) is 13.2 Å². The summed E-state index contributed by atoms with van der Waals surface area (Å²) in [6.45, 7) is 7.41. The van der Waals surface area contributed by atoms with Gasteiger partial charge in [-0.15, -0.1) is 9.39 Å². The predicted octanol–water partition coefficient (Wildman–Crippen LogP) is 5.89. The Morgan fingerprint density at radius 1 is 1.15 bits per heavy atom. The van der Waals surface area contributed by atoms with Crippen LogP contribution in [0.4, 0.5) is 5.95 Å². The van der Waals surface area contributed by atoms with Crippen molar-refractivity contribution in [1.29, 1.82) is 0 Å². The molecule has 0 spiro atoms. The van der Waals surface area contributed by atoms with Gasteiger partial charge < -0.3 is 9.88 Å². The molecular weight excluding hydrogens is 426 g/mol. The molecule has 0 saturated carbocycles. The molecule has 1 aliphatic rings. The Morgan fingerprint density at radius 2 is 1.94 bits per heavy atom. The minimum absolute atomic E-state index is 0.217. The zero-order valence-electron chi connectivity index (χ0n) is 20.2. The van der Waals surface area contributed by atoms with Gasteiger partial charge in [-0.25, -0.2) is 4.98 Å². The molecule has 4 rings (SSSR count). The van der Waals surface area contributed by atoms with Crippen molar-refractivity contribution >= 4 is 38.1 Å². The lowest BCUT2D eigenvalue weighted by atomic mass is 9.86. The number of hydrogen-bond donors (Lipinski definition) is 2. The van der Waals surface area contributed by atoms with Crippen molar-refractivity contribution < 1.29 is 0 Å². The van der Waals surface area contributed by atoms with Crippen LogP contribution in [0.3, 0.4) is 0 Å². The molecule has 0 amide bonds. The van der Waals surface area contributed by atoms with Crippen molar-refractivity contribution in [3.05, 3.63) is 71.1 Å². The first kappa shape index (κ1) is 23.3.